The average Bonchev–Trinajstić information content (AvgIpc) is 2.09. The second-order valence-corrected chi connectivity index (χ2v) is 3.29. The number of aromatic hydroxyl groups is 1. The molecule has 0 aliphatic carbocycles. The Morgan fingerprint density at radius 1 is 1.50 bits per heavy atom. The van der Waals surface area contributed by atoms with Crippen molar-refractivity contribution >= 4 is 34.4 Å². The number of anilines is 1. The molecule has 0 fully saturated rings. The minimum absolute atomic E-state index is 0.288. The maximum absolute atomic E-state index is 9.51. The van der Waals surface area contributed by atoms with E-state index in [1.54, 1.807) is 0 Å². The molecular formula is C8H10BBrNO. The van der Waals surface area contributed by atoms with Crippen LogP contribution in [0.15, 0.2) is 16.6 Å². The van der Waals surface area contributed by atoms with Crippen molar-refractivity contribution in [3.63, 3.8) is 0 Å². The van der Waals surface area contributed by atoms with Gasteiger partial charge in [-0.15, -0.1) is 0 Å². The Hall–Kier alpha value is -0.635. The average molecular weight is 227 g/mol. The summed E-state index contributed by atoms with van der Waals surface area (Å²) in [5.41, 5.74) is 1.81. The van der Waals surface area contributed by atoms with Gasteiger partial charge in [0.25, 0.3) is 0 Å². The van der Waals surface area contributed by atoms with Crippen LogP contribution in [-0.4, -0.2) is 19.4 Å². The SMILES string of the molecule is C[B]c1cc(NC)cc(Br)c1O. The topological polar surface area (TPSA) is 32.3 Å². The van der Waals surface area contributed by atoms with E-state index in [0.717, 1.165) is 11.2 Å². The van der Waals surface area contributed by atoms with Crippen LogP contribution in [0.5, 0.6) is 5.75 Å². The van der Waals surface area contributed by atoms with Crippen LogP contribution in [0.25, 0.3) is 0 Å². The van der Waals surface area contributed by atoms with E-state index in [0.29, 0.717) is 4.47 Å². The molecule has 0 atom stereocenters. The molecule has 0 saturated heterocycles. The van der Waals surface area contributed by atoms with E-state index >= 15 is 0 Å². The summed E-state index contributed by atoms with van der Waals surface area (Å²) in [4.78, 5) is 0. The molecule has 1 radical (unpaired) electrons. The predicted octanol–water partition coefficient (Wildman–Crippen LogP) is 1.57. The third-order valence-corrected chi connectivity index (χ3v) is 2.30. The van der Waals surface area contributed by atoms with Gasteiger partial charge < -0.3 is 10.4 Å². The van der Waals surface area contributed by atoms with Crippen LogP contribution in [0.2, 0.25) is 6.82 Å². The Kier molecular flexibility index (Phi) is 3.03. The van der Waals surface area contributed by atoms with E-state index in [1.165, 1.54) is 0 Å². The molecule has 0 bridgehead atoms. The number of rotatable bonds is 2. The first-order chi connectivity index (χ1) is 5.69. The third kappa shape index (κ3) is 1.75. The maximum Gasteiger partial charge on any atom is 0.153 e. The summed E-state index contributed by atoms with van der Waals surface area (Å²) >= 11 is 3.27. The van der Waals surface area contributed by atoms with Gasteiger partial charge in [0, 0.05) is 12.7 Å². The molecule has 1 rings (SSSR count). The maximum atomic E-state index is 9.51. The lowest BCUT2D eigenvalue weighted by Gasteiger charge is -2.07. The minimum atomic E-state index is 0.288. The summed E-state index contributed by atoms with van der Waals surface area (Å²) in [5, 5.41) is 12.5. The predicted molar refractivity (Wildman–Crippen MR) is 56.6 cm³/mol. The summed E-state index contributed by atoms with van der Waals surface area (Å²) in [6, 6.07) is 3.72. The molecule has 0 spiro atoms. The van der Waals surface area contributed by atoms with Crippen molar-refractivity contribution in [2.45, 2.75) is 6.82 Å². The second-order valence-electron chi connectivity index (χ2n) is 2.43. The van der Waals surface area contributed by atoms with Gasteiger partial charge in [-0.3, -0.25) is 0 Å². The molecule has 0 aliphatic rings. The standard InChI is InChI=1S/C8H10BBrNO/c1-9-6-3-5(11-2)4-7(10)8(6)12/h3-4,11-12H,1-2H3. The summed E-state index contributed by atoms with van der Waals surface area (Å²) in [6.07, 6.45) is 0. The molecule has 1 aromatic carbocycles. The summed E-state index contributed by atoms with van der Waals surface area (Å²) in [6.45, 7) is 1.89. The van der Waals surface area contributed by atoms with Crippen molar-refractivity contribution in [3.8, 4) is 5.75 Å². The minimum Gasteiger partial charge on any atom is -0.507 e. The second kappa shape index (κ2) is 3.85. The molecule has 0 aliphatic heterocycles. The van der Waals surface area contributed by atoms with Crippen molar-refractivity contribution < 1.29 is 5.11 Å². The highest BCUT2D eigenvalue weighted by Crippen LogP contribution is 2.24. The van der Waals surface area contributed by atoms with Crippen LogP contribution in [0.4, 0.5) is 5.69 Å². The van der Waals surface area contributed by atoms with Crippen molar-refractivity contribution in [3.05, 3.63) is 16.6 Å². The number of phenolic OH excluding ortho intramolecular Hbond substituents is 1. The largest absolute Gasteiger partial charge is 0.507 e. The molecule has 2 N–H and O–H groups in total. The first-order valence-electron chi connectivity index (χ1n) is 3.68. The first kappa shape index (κ1) is 9.45. The highest BCUT2D eigenvalue weighted by atomic mass is 79.9. The van der Waals surface area contributed by atoms with Gasteiger partial charge in [0.15, 0.2) is 7.28 Å². The number of benzene rings is 1. The quantitative estimate of drug-likeness (QED) is 0.593. The summed E-state index contributed by atoms with van der Waals surface area (Å²) < 4.78 is 0.711. The van der Waals surface area contributed by atoms with Crippen molar-refractivity contribution in [1.29, 1.82) is 0 Å². The first-order valence-corrected chi connectivity index (χ1v) is 4.48. The van der Waals surface area contributed by atoms with Crippen LogP contribution >= 0.6 is 15.9 Å². The summed E-state index contributed by atoms with van der Waals surface area (Å²) in [5.74, 6) is 0.288. The van der Waals surface area contributed by atoms with Gasteiger partial charge in [0.05, 0.1) is 4.47 Å². The fourth-order valence-electron chi connectivity index (χ4n) is 0.985. The zero-order valence-electron chi connectivity index (χ0n) is 7.06. The van der Waals surface area contributed by atoms with Gasteiger partial charge in [0.1, 0.15) is 5.75 Å². The number of halogens is 1. The van der Waals surface area contributed by atoms with Gasteiger partial charge in [-0.2, -0.15) is 0 Å². The van der Waals surface area contributed by atoms with Crippen LogP contribution < -0.4 is 10.8 Å². The number of hydrogen-bond donors (Lipinski definition) is 2. The Morgan fingerprint density at radius 3 is 2.67 bits per heavy atom. The van der Waals surface area contributed by atoms with Gasteiger partial charge in [-0.1, -0.05) is 6.82 Å². The molecule has 0 saturated carbocycles. The van der Waals surface area contributed by atoms with Gasteiger partial charge in [-0.25, -0.2) is 0 Å². The molecule has 63 valence electrons. The highest BCUT2D eigenvalue weighted by Gasteiger charge is 2.05. The molecular weight excluding hydrogens is 217 g/mol. The molecule has 12 heavy (non-hydrogen) atoms. The molecule has 1 aromatic rings. The third-order valence-electron chi connectivity index (χ3n) is 1.69. The number of nitrogens with one attached hydrogen (secondary N) is 1. The van der Waals surface area contributed by atoms with Gasteiger partial charge in [0.2, 0.25) is 0 Å². The Bertz CT molecular complexity index is 291. The zero-order chi connectivity index (χ0) is 9.14. The van der Waals surface area contributed by atoms with Gasteiger partial charge >= 0.3 is 0 Å². The van der Waals surface area contributed by atoms with Crippen LogP contribution in [0.1, 0.15) is 0 Å². The Labute approximate surface area is 81.4 Å². The van der Waals surface area contributed by atoms with E-state index in [9.17, 15) is 5.11 Å². The van der Waals surface area contributed by atoms with E-state index in [1.807, 2.05) is 33.3 Å². The van der Waals surface area contributed by atoms with E-state index in [4.69, 9.17) is 0 Å². The zero-order valence-corrected chi connectivity index (χ0v) is 8.64. The molecule has 0 amide bonds. The lowest BCUT2D eigenvalue weighted by Crippen LogP contribution is -2.12. The molecule has 0 aromatic heterocycles. The molecule has 2 nitrogen and oxygen atoms in total. The van der Waals surface area contributed by atoms with E-state index in [2.05, 4.69) is 21.2 Å². The normalized spacial score (nSPS) is 9.58. The van der Waals surface area contributed by atoms with Crippen LogP contribution in [0.3, 0.4) is 0 Å². The monoisotopic (exact) mass is 226 g/mol. The Balaban J connectivity index is 3.19. The van der Waals surface area contributed by atoms with Crippen molar-refractivity contribution in [1.82, 2.24) is 0 Å². The van der Waals surface area contributed by atoms with Crippen LogP contribution in [0, 0.1) is 0 Å². The Morgan fingerprint density at radius 2 is 2.17 bits per heavy atom. The summed E-state index contributed by atoms with van der Waals surface area (Å²) in [7, 11) is 3.71. The molecule has 0 heterocycles. The lowest BCUT2D eigenvalue weighted by molar-refractivity contribution is 0.476. The fraction of sp³-hybridized carbons (Fsp3) is 0.250. The van der Waals surface area contributed by atoms with Crippen LogP contribution in [-0.2, 0) is 0 Å². The van der Waals surface area contributed by atoms with Crippen molar-refractivity contribution in [2.75, 3.05) is 12.4 Å². The number of phenols is 1. The fourth-order valence-corrected chi connectivity index (χ4v) is 1.46. The van der Waals surface area contributed by atoms with E-state index in [-0.39, 0.29) is 5.75 Å². The smallest absolute Gasteiger partial charge is 0.153 e. The molecule has 0 unspecified atom stereocenters. The van der Waals surface area contributed by atoms with Gasteiger partial charge in [-0.05, 0) is 33.5 Å². The van der Waals surface area contributed by atoms with E-state index < -0.39 is 0 Å². The van der Waals surface area contributed by atoms with Crippen molar-refractivity contribution in [2.24, 2.45) is 0 Å². The molecule has 4 heteroatoms. The number of hydrogen-bond acceptors (Lipinski definition) is 2. The lowest BCUT2D eigenvalue weighted by atomic mass is 9.72. The highest BCUT2D eigenvalue weighted by molar-refractivity contribution is 9.10.